The zero-order valence-corrected chi connectivity index (χ0v) is 16.6. The summed E-state index contributed by atoms with van der Waals surface area (Å²) in [6.45, 7) is 0.262. The first-order valence-electron chi connectivity index (χ1n) is 9.76. The number of hydrogen-bond donors (Lipinski definition) is 1. The summed E-state index contributed by atoms with van der Waals surface area (Å²) in [6.07, 6.45) is 5.42. The normalized spacial score (nSPS) is 20.7. The minimum absolute atomic E-state index is 0.0151. The second kappa shape index (κ2) is 8.29. The van der Waals surface area contributed by atoms with E-state index in [0.717, 1.165) is 36.0 Å². The fourth-order valence-corrected chi connectivity index (χ4v) is 4.47. The summed E-state index contributed by atoms with van der Waals surface area (Å²) < 4.78 is 5.58. The van der Waals surface area contributed by atoms with Gasteiger partial charge in [-0.1, -0.05) is 54.1 Å². The number of nitrogens with zero attached hydrogens (tertiary/aromatic N) is 1. The zero-order chi connectivity index (χ0) is 20.4. The molecular formula is C23H22ClNO4. The Bertz CT molecular complexity index is 957. The van der Waals surface area contributed by atoms with E-state index in [1.54, 1.807) is 12.1 Å². The van der Waals surface area contributed by atoms with E-state index in [2.05, 4.69) is 6.08 Å². The second-order valence-corrected chi connectivity index (χ2v) is 7.90. The van der Waals surface area contributed by atoms with Gasteiger partial charge in [0.2, 0.25) is 0 Å². The largest absolute Gasteiger partial charge is 0.478 e. The monoisotopic (exact) mass is 411 g/mol. The Balaban J connectivity index is 1.52. The van der Waals surface area contributed by atoms with E-state index in [1.165, 1.54) is 6.07 Å². The molecule has 0 saturated carbocycles. The summed E-state index contributed by atoms with van der Waals surface area (Å²) in [6, 6.07) is 14.8. The number of fused-ring (bicyclic) bond motifs is 2. The molecule has 4 rings (SSSR count). The molecule has 2 aliphatic heterocycles. The number of benzene rings is 2. The summed E-state index contributed by atoms with van der Waals surface area (Å²) in [5.41, 5.74) is 3.07. The van der Waals surface area contributed by atoms with Gasteiger partial charge in [0.15, 0.2) is 0 Å². The van der Waals surface area contributed by atoms with Gasteiger partial charge < -0.3 is 9.84 Å². The molecular weight excluding hydrogens is 390 g/mol. The number of rotatable bonds is 4. The number of halogens is 1. The number of amides is 1. The van der Waals surface area contributed by atoms with Gasteiger partial charge >= 0.3 is 12.1 Å². The molecule has 1 fully saturated rings. The molecule has 0 aliphatic carbocycles. The highest BCUT2D eigenvalue weighted by atomic mass is 35.5. The zero-order valence-electron chi connectivity index (χ0n) is 15.9. The quantitative estimate of drug-likeness (QED) is 0.732. The van der Waals surface area contributed by atoms with Crippen molar-refractivity contribution in [3.05, 3.63) is 76.3 Å². The standard InChI is InChI=1S/C23H22ClNO4/c24-21-13-16(9-10-20(21)22(26)27)17-11-18-7-4-8-19(12-17)25(18)23(28)29-14-15-5-2-1-3-6-15/h1-3,5-6,9-11,13,18-19H,4,7-8,12,14H2,(H,26,27). The summed E-state index contributed by atoms with van der Waals surface area (Å²) in [5.74, 6) is -1.04. The molecule has 0 spiro atoms. The number of carboxylic acid groups (broad SMARTS) is 1. The van der Waals surface area contributed by atoms with Crippen LogP contribution in [0.2, 0.25) is 5.02 Å². The molecule has 150 valence electrons. The van der Waals surface area contributed by atoms with Crippen LogP contribution in [0.1, 0.15) is 47.2 Å². The lowest BCUT2D eigenvalue weighted by atomic mass is 9.83. The van der Waals surface area contributed by atoms with Gasteiger partial charge in [0.25, 0.3) is 0 Å². The summed E-state index contributed by atoms with van der Waals surface area (Å²) in [4.78, 5) is 25.8. The predicted octanol–water partition coefficient (Wildman–Crippen LogP) is 5.39. The third-order valence-electron chi connectivity index (χ3n) is 5.62. The van der Waals surface area contributed by atoms with Crippen molar-refractivity contribution in [2.75, 3.05) is 0 Å². The molecule has 2 aromatic rings. The molecule has 2 bridgehead atoms. The maximum Gasteiger partial charge on any atom is 0.410 e. The molecule has 2 aliphatic rings. The van der Waals surface area contributed by atoms with Crippen LogP contribution in [0.4, 0.5) is 4.79 Å². The number of piperidine rings is 1. The van der Waals surface area contributed by atoms with Crippen LogP contribution in [0.25, 0.3) is 5.57 Å². The fraction of sp³-hybridized carbons (Fsp3) is 0.304. The highest BCUT2D eigenvalue weighted by molar-refractivity contribution is 6.33. The van der Waals surface area contributed by atoms with Gasteiger partial charge in [-0.25, -0.2) is 9.59 Å². The molecule has 0 aromatic heterocycles. The molecule has 2 aromatic carbocycles. The van der Waals surface area contributed by atoms with E-state index in [9.17, 15) is 9.59 Å². The highest BCUT2D eigenvalue weighted by Crippen LogP contribution is 2.38. The Hall–Kier alpha value is -2.79. The number of carboxylic acids is 1. The molecule has 2 atom stereocenters. The lowest BCUT2D eigenvalue weighted by Crippen LogP contribution is -2.51. The van der Waals surface area contributed by atoms with E-state index in [-0.39, 0.29) is 35.4 Å². The third-order valence-corrected chi connectivity index (χ3v) is 5.94. The van der Waals surface area contributed by atoms with Crippen LogP contribution >= 0.6 is 11.6 Å². The van der Waals surface area contributed by atoms with Gasteiger partial charge in [-0.05, 0) is 54.5 Å². The maximum absolute atomic E-state index is 12.8. The van der Waals surface area contributed by atoms with Gasteiger partial charge in [-0.15, -0.1) is 0 Å². The SMILES string of the molecule is O=C(O)c1ccc(C2=CC3CCCC(C2)N3C(=O)OCc2ccccc2)cc1Cl. The van der Waals surface area contributed by atoms with Crippen LogP contribution in [0, 0.1) is 0 Å². The van der Waals surface area contributed by atoms with Crippen LogP contribution in [0.3, 0.4) is 0 Å². The van der Waals surface area contributed by atoms with E-state index in [1.807, 2.05) is 35.2 Å². The van der Waals surface area contributed by atoms with Crippen molar-refractivity contribution in [1.29, 1.82) is 0 Å². The smallest absolute Gasteiger partial charge is 0.410 e. The van der Waals surface area contributed by atoms with E-state index in [0.29, 0.717) is 6.42 Å². The first kappa shape index (κ1) is 19.5. The van der Waals surface area contributed by atoms with Crippen molar-refractivity contribution in [3.8, 4) is 0 Å². The molecule has 6 heteroatoms. The van der Waals surface area contributed by atoms with E-state index < -0.39 is 5.97 Å². The van der Waals surface area contributed by atoms with Gasteiger partial charge in [0.1, 0.15) is 6.61 Å². The molecule has 1 amide bonds. The number of carbonyl (C=O) groups is 2. The molecule has 5 nitrogen and oxygen atoms in total. The van der Waals surface area contributed by atoms with Crippen LogP contribution in [-0.2, 0) is 11.3 Å². The molecule has 1 N–H and O–H groups in total. The molecule has 29 heavy (non-hydrogen) atoms. The second-order valence-electron chi connectivity index (χ2n) is 7.50. The van der Waals surface area contributed by atoms with Gasteiger partial charge in [-0.2, -0.15) is 0 Å². The Kier molecular flexibility index (Phi) is 5.58. The minimum Gasteiger partial charge on any atom is -0.478 e. The van der Waals surface area contributed by atoms with E-state index in [4.69, 9.17) is 21.4 Å². The number of aromatic carboxylic acids is 1. The third kappa shape index (κ3) is 4.15. The molecule has 2 heterocycles. The fourth-order valence-electron chi connectivity index (χ4n) is 4.21. The van der Waals surface area contributed by atoms with Crippen molar-refractivity contribution in [1.82, 2.24) is 4.90 Å². The first-order chi connectivity index (χ1) is 14.0. The summed E-state index contributed by atoms with van der Waals surface area (Å²) in [7, 11) is 0. The average molecular weight is 412 g/mol. The lowest BCUT2D eigenvalue weighted by Gasteiger charge is -2.44. The van der Waals surface area contributed by atoms with Crippen molar-refractivity contribution >= 4 is 29.2 Å². The van der Waals surface area contributed by atoms with Crippen molar-refractivity contribution in [2.24, 2.45) is 0 Å². The van der Waals surface area contributed by atoms with Crippen LogP contribution in [0.15, 0.2) is 54.6 Å². The molecule has 2 unspecified atom stereocenters. The summed E-state index contributed by atoms with van der Waals surface area (Å²) in [5, 5.41) is 9.40. The molecule has 1 saturated heterocycles. The van der Waals surface area contributed by atoms with Gasteiger partial charge in [0, 0.05) is 6.04 Å². The van der Waals surface area contributed by atoms with Crippen molar-refractivity contribution < 1.29 is 19.4 Å². The van der Waals surface area contributed by atoms with E-state index >= 15 is 0 Å². The minimum atomic E-state index is -1.04. The highest BCUT2D eigenvalue weighted by Gasteiger charge is 2.38. The van der Waals surface area contributed by atoms with Crippen LogP contribution < -0.4 is 0 Å². The number of ether oxygens (including phenoxy) is 1. The first-order valence-corrected chi connectivity index (χ1v) is 10.1. The Morgan fingerprint density at radius 1 is 1.14 bits per heavy atom. The van der Waals surface area contributed by atoms with Crippen molar-refractivity contribution in [2.45, 2.75) is 44.4 Å². The topological polar surface area (TPSA) is 66.8 Å². The number of carbonyl (C=O) groups excluding carboxylic acids is 1. The average Bonchev–Trinajstić information content (AvgIpc) is 2.71. The van der Waals surface area contributed by atoms with Crippen LogP contribution in [-0.4, -0.2) is 34.2 Å². The van der Waals surface area contributed by atoms with Gasteiger partial charge in [0.05, 0.1) is 16.6 Å². The predicted molar refractivity (Wildman–Crippen MR) is 111 cm³/mol. The lowest BCUT2D eigenvalue weighted by molar-refractivity contribution is 0.0510. The Morgan fingerprint density at radius 3 is 2.62 bits per heavy atom. The van der Waals surface area contributed by atoms with Crippen LogP contribution in [0.5, 0.6) is 0 Å². The number of hydrogen-bond acceptors (Lipinski definition) is 3. The molecule has 0 radical (unpaired) electrons. The Morgan fingerprint density at radius 2 is 1.93 bits per heavy atom. The van der Waals surface area contributed by atoms with Crippen molar-refractivity contribution in [3.63, 3.8) is 0 Å². The summed E-state index contributed by atoms with van der Waals surface area (Å²) >= 11 is 6.15. The maximum atomic E-state index is 12.8. The van der Waals surface area contributed by atoms with Gasteiger partial charge in [-0.3, -0.25) is 4.90 Å². The Labute approximate surface area is 174 Å².